The van der Waals surface area contributed by atoms with Gasteiger partial charge >= 0.3 is 6.18 Å². The lowest BCUT2D eigenvalue weighted by molar-refractivity contribution is -0.123. The van der Waals surface area contributed by atoms with Crippen LogP contribution in [-0.2, 0) is 4.79 Å². The average molecular weight is 369 g/mol. The van der Waals surface area contributed by atoms with Crippen LogP contribution >= 0.6 is 23.2 Å². The van der Waals surface area contributed by atoms with Gasteiger partial charge in [-0.15, -0.1) is 23.2 Å². The lowest BCUT2D eigenvalue weighted by Gasteiger charge is -2.13. The fourth-order valence-corrected chi connectivity index (χ4v) is 2.64. The van der Waals surface area contributed by atoms with Gasteiger partial charge in [0.2, 0.25) is 5.91 Å². The summed E-state index contributed by atoms with van der Waals surface area (Å²) in [5.41, 5.74) is -0.673. The molecule has 1 aliphatic rings. The number of alkyl halides is 5. The number of rotatable bonds is 4. The first-order valence-corrected chi connectivity index (χ1v) is 7.34. The van der Waals surface area contributed by atoms with Gasteiger partial charge in [-0.2, -0.15) is 13.2 Å². The number of nitrogens with one attached hydrogen (secondary N) is 2. The molecule has 1 fully saturated rings. The smallest absolute Gasteiger partial charge is 0.343 e. The van der Waals surface area contributed by atoms with Crippen LogP contribution in [0.2, 0.25) is 0 Å². The van der Waals surface area contributed by atoms with Gasteiger partial charge < -0.3 is 10.6 Å². The molecular formula is C14H13Cl2F3N2O2. The second kappa shape index (κ2) is 5.87. The van der Waals surface area contributed by atoms with Gasteiger partial charge in [-0.3, -0.25) is 9.59 Å². The highest BCUT2D eigenvalue weighted by Crippen LogP contribution is 2.64. The maximum atomic E-state index is 12.1. The molecule has 1 aromatic carbocycles. The third-order valence-corrected chi connectivity index (χ3v) is 4.69. The van der Waals surface area contributed by atoms with Crippen molar-refractivity contribution in [2.24, 2.45) is 5.41 Å². The lowest BCUT2D eigenvalue weighted by atomic mass is 10.1. The second-order valence-electron chi connectivity index (χ2n) is 5.55. The molecule has 1 atom stereocenters. The van der Waals surface area contributed by atoms with Crippen LogP contribution in [0, 0.1) is 5.41 Å². The van der Waals surface area contributed by atoms with E-state index < -0.39 is 34.3 Å². The minimum Gasteiger partial charge on any atom is -0.343 e. The molecule has 0 aliphatic heterocycles. The van der Waals surface area contributed by atoms with Crippen LogP contribution in [0.25, 0.3) is 0 Å². The zero-order valence-corrected chi connectivity index (χ0v) is 13.4. The third-order valence-electron chi connectivity index (χ3n) is 3.59. The van der Waals surface area contributed by atoms with Gasteiger partial charge in [-0.05, 0) is 31.5 Å². The summed E-state index contributed by atoms with van der Waals surface area (Å²) in [6, 6.07) is 5.57. The maximum Gasteiger partial charge on any atom is 0.405 e. The van der Waals surface area contributed by atoms with Crippen molar-refractivity contribution in [2.75, 3.05) is 11.9 Å². The van der Waals surface area contributed by atoms with Crippen molar-refractivity contribution in [3.8, 4) is 0 Å². The van der Waals surface area contributed by atoms with Crippen molar-refractivity contribution < 1.29 is 22.8 Å². The Bertz CT molecular complexity index is 649. The molecule has 0 radical (unpaired) electrons. The highest BCUT2D eigenvalue weighted by Gasteiger charge is 2.67. The SMILES string of the molecule is CC1(C(=O)Nc2cccc(C(=O)NCC(F)(F)F)c2)CC1(Cl)Cl. The quantitative estimate of drug-likeness (QED) is 0.799. The van der Waals surface area contributed by atoms with Crippen molar-refractivity contribution in [1.29, 1.82) is 0 Å². The Morgan fingerprint density at radius 2 is 1.91 bits per heavy atom. The molecule has 23 heavy (non-hydrogen) atoms. The van der Waals surface area contributed by atoms with Crippen molar-refractivity contribution in [3.05, 3.63) is 29.8 Å². The summed E-state index contributed by atoms with van der Waals surface area (Å²) in [5.74, 6) is -1.31. The summed E-state index contributed by atoms with van der Waals surface area (Å²) in [6.45, 7) is 0.170. The van der Waals surface area contributed by atoms with Crippen molar-refractivity contribution in [1.82, 2.24) is 5.32 Å². The van der Waals surface area contributed by atoms with Crippen LogP contribution in [0.15, 0.2) is 24.3 Å². The Hall–Kier alpha value is -1.47. The normalized spacial score (nSPS) is 22.3. The van der Waals surface area contributed by atoms with E-state index in [1.165, 1.54) is 24.3 Å². The van der Waals surface area contributed by atoms with E-state index in [9.17, 15) is 22.8 Å². The van der Waals surface area contributed by atoms with Crippen molar-refractivity contribution >= 4 is 40.7 Å². The summed E-state index contributed by atoms with van der Waals surface area (Å²) in [5, 5.41) is 4.31. The summed E-state index contributed by atoms with van der Waals surface area (Å²) >= 11 is 11.8. The highest BCUT2D eigenvalue weighted by molar-refractivity contribution is 6.53. The highest BCUT2D eigenvalue weighted by atomic mass is 35.5. The summed E-state index contributed by atoms with van der Waals surface area (Å²) < 4.78 is 35.2. The first-order chi connectivity index (χ1) is 10.4. The minimum absolute atomic E-state index is 0.00369. The Balaban J connectivity index is 2.03. The first kappa shape index (κ1) is 17.9. The zero-order valence-electron chi connectivity index (χ0n) is 11.9. The van der Waals surface area contributed by atoms with Gasteiger partial charge in [-0.25, -0.2) is 0 Å². The standard InChI is InChI=1S/C14H13Cl2F3N2O2/c1-12(6-13(12,15)16)11(23)21-9-4-2-3-8(5-9)10(22)20-7-14(17,18)19/h2-5H,6-7H2,1H3,(H,20,22)(H,21,23). The van der Waals surface area contributed by atoms with Gasteiger partial charge in [0.05, 0.1) is 5.41 Å². The number of hydrogen-bond acceptors (Lipinski definition) is 2. The van der Waals surface area contributed by atoms with E-state index in [2.05, 4.69) is 5.32 Å². The second-order valence-corrected chi connectivity index (χ2v) is 7.03. The van der Waals surface area contributed by atoms with Crippen molar-refractivity contribution in [2.45, 2.75) is 23.9 Å². The molecule has 0 spiro atoms. The first-order valence-electron chi connectivity index (χ1n) is 6.59. The molecule has 0 bridgehead atoms. The van der Waals surface area contributed by atoms with E-state index in [1.807, 2.05) is 0 Å². The predicted octanol–water partition coefficient (Wildman–Crippen LogP) is 3.50. The minimum atomic E-state index is -4.49. The average Bonchev–Trinajstić information content (AvgIpc) is 2.96. The van der Waals surface area contributed by atoms with Crippen LogP contribution in [0.3, 0.4) is 0 Å². The number of carbonyl (C=O) groups excluding carboxylic acids is 2. The number of anilines is 1. The summed E-state index contributed by atoms with van der Waals surface area (Å²) in [4.78, 5) is 23.8. The number of hydrogen-bond donors (Lipinski definition) is 2. The largest absolute Gasteiger partial charge is 0.405 e. The van der Waals surface area contributed by atoms with Crippen LogP contribution < -0.4 is 10.6 Å². The van der Waals surface area contributed by atoms with Crippen LogP contribution in [0.1, 0.15) is 23.7 Å². The molecule has 1 unspecified atom stereocenters. The van der Waals surface area contributed by atoms with E-state index >= 15 is 0 Å². The van der Waals surface area contributed by atoms with Crippen molar-refractivity contribution in [3.63, 3.8) is 0 Å². The molecular weight excluding hydrogens is 356 g/mol. The molecule has 1 aliphatic carbocycles. The molecule has 1 aromatic rings. The van der Waals surface area contributed by atoms with E-state index in [1.54, 1.807) is 12.2 Å². The topological polar surface area (TPSA) is 58.2 Å². The molecule has 2 N–H and O–H groups in total. The Labute approximate surface area is 140 Å². The Kier molecular flexibility index (Phi) is 4.56. The van der Waals surface area contributed by atoms with E-state index in [4.69, 9.17) is 23.2 Å². The van der Waals surface area contributed by atoms with Gasteiger partial charge in [0, 0.05) is 11.3 Å². The number of halogens is 5. The van der Waals surface area contributed by atoms with Crippen LogP contribution in [0.5, 0.6) is 0 Å². The molecule has 9 heteroatoms. The third kappa shape index (κ3) is 4.09. The summed E-state index contributed by atoms with van der Waals surface area (Å²) in [6.07, 6.45) is -4.20. The van der Waals surface area contributed by atoms with Gasteiger partial charge in [0.1, 0.15) is 10.9 Å². The Morgan fingerprint density at radius 3 is 2.43 bits per heavy atom. The molecule has 0 heterocycles. The number of benzene rings is 1. The molecule has 1 saturated carbocycles. The van der Waals surface area contributed by atoms with E-state index in [-0.39, 0.29) is 11.3 Å². The summed E-state index contributed by atoms with van der Waals surface area (Å²) in [7, 11) is 0. The van der Waals surface area contributed by atoms with Crippen LogP contribution in [-0.4, -0.2) is 28.9 Å². The molecule has 4 nitrogen and oxygen atoms in total. The van der Waals surface area contributed by atoms with E-state index in [0.717, 1.165) is 0 Å². The lowest BCUT2D eigenvalue weighted by Crippen LogP contribution is -2.33. The van der Waals surface area contributed by atoms with Gasteiger partial charge in [0.15, 0.2) is 0 Å². The fraction of sp³-hybridized carbons (Fsp3) is 0.429. The molecule has 0 aromatic heterocycles. The molecule has 2 amide bonds. The maximum absolute atomic E-state index is 12.1. The van der Waals surface area contributed by atoms with Crippen LogP contribution in [0.4, 0.5) is 18.9 Å². The Morgan fingerprint density at radius 1 is 1.30 bits per heavy atom. The monoisotopic (exact) mass is 368 g/mol. The number of amides is 2. The predicted molar refractivity (Wildman–Crippen MR) is 80.6 cm³/mol. The number of carbonyl (C=O) groups is 2. The van der Waals surface area contributed by atoms with Gasteiger partial charge in [0.25, 0.3) is 5.91 Å². The zero-order chi connectivity index (χ0) is 17.5. The fourth-order valence-electron chi connectivity index (χ4n) is 1.94. The molecule has 2 rings (SSSR count). The molecule has 126 valence electrons. The van der Waals surface area contributed by atoms with E-state index in [0.29, 0.717) is 6.42 Å². The molecule has 0 saturated heterocycles. The van der Waals surface area contributed by atoms with Gasteiger partial charge in [-0.1, -0.05) is 6.07 Å².